The van der Waals surface area contributed by atoms with Crippen molar-refractivity contribution in [3.63, 3.8) is 0 Å². The molecule has 1 saturated carbocycles. The van der Waals surface area contributed by atoms with Crippen molar-refractivity contribution >= 4 is 22.7 Å². The van der Waals surface area contributed by atoms with Gasteiger partial charge in [0.2, 0.25) is 0 Å². The molecule has 4 aromatic rings. The van der Waals surface area contributed by atoms with Gasteiger partial charge in [0.1, 0.15) is 6.07 Å². The number of fused-ring (bicyclic) bond motifs is 1. The van der Waals surface area contributed by atoms with Gasteiger partial charge >= 0.3 is 12.3 Å². The first-order valence-corrected chi connectivity index (χ1v) is 11.9. The first-order valence-electron chi connectivity index (χ1n) is 11.9. The summed E-state index contributed by atoms with van der Waals surface area (Å²) in [6, 6.07) is 21.0. The second-order valence-corrected chi connectivity index (χ2v) is 9.03. The zero-order valence-corrected chi connectivity index (χ0v) is 19.9. The maximum Gasteiger partial charge on any atom is 0.425 e. The number of nitrogens with zero attached hydrogens (tertiary/aromatic N) is 3. The van der Waals surface area contributed by atoms with Crippen molar-refractivity contribution in [2.24, 2.45) is 0 Å². The highest BCUT2D eigenvalue weighted by atomic mass is 19.4. The van der Waals surface area contributed by atoms with Crippen LogP contribution in [0.4, 0.5) is 23.7 Å². The number of nitriles is 1. The van der Waals surface area contributed by atoms with Crippen LogP contribution in [0.25, 0.3) is 33.4 Å². The van der Waals surface area contributed by atoms with Crippen molar-refractivity contribution in [3.05, 3.63) is 72.4 Å². The van der Waals surface area contributed by atoms with Gasteiger partial charge in [-0.3, -0.25) is 10.3 Å². The zero-order valence-electron chi connectivity index (χ0n) is 19.9. The van der Waals surface area contributed by atoms with Crippen LogP contribution in [0.3, 0.4) is 0 Å². The summed E-state index contributed by atoms with van der Waals surface area (Å²) in [7, 11) is 0. The molecule has 1 aliphatic rings. The Labute approximate surface area is 211 Å². The highest BCUT2D eigenvalue weighted by Crippen LogP contribution is 2.43. The first kappa shape index (κ1) is 24.4. The van der Waals surface area contributed by atoms with Gasteiger partial charge in [-0.25, -0.2) is 4.79 Å². The van der Waals surface area contributed by atoms with E-state index in [1.807, 2.05) is 30.3 Å². The predicted octanol–water partition coefficient (Wildman–Crippen LogP) is 7.47. The Kier molecular flexibility index (Phi) is 6.34. The Balaban J connectivity index is 1.52. The Hall–Kier alpha value is -4.32. The number of hydrogen-bond donors (Lipinski definition) is 1. The molecule has 2 aromatic carbocycles. The summed E-state index contributed by atoms with van der Waals surface area (Å²) in [4.78, 5) is 16.4. The van der Waals surface area contributed by atoms with Gasteiger partial charge in [0.05, 0.1) is 22.5 Å². The first-order chi connectivity index (χ1) is 17.8. The van der Waals surface area contributed by atoms with Crippen molar-refractivity contribution in [1.29, 1.82) is 5.26 Å². The number of pyridine rings is 1. The third-order valence-electron chi connectivity index (χ3n) is 6.67. The summed E-state index contributed by atoms with van der Waals surface area (Å²) >= 11 is 0. The van der Waals surface area contributed by atoms with Gasteiger partial charge in [0.25, 0.3) is 0 Å². The monoisotopic (exact) mass is 504 g/mol. The molecule has 0 saturated heterocycles. The van der Waals surface area contributed by atoms with Gasteiger partial charge in [0, 0.05) is 28.9 Å². The minimum absolute atomic E-state index is 0.246. The van der Waals surface area contributed by atoms with E-state index in [0.29, 0.717) is 5.56 Å². The molecule has 0 unspecified atom stereocenters. The molecule has 188 valence electrons. The van der Waals surface area contributed by atoms with Crippen molar-refractivity contribution in [1.82, 2.24) is 9.55 Å². The number of amides is 1. The smallest absolute Gasteiger partial charge is 0.425 e. The van der Waals surface area contributed by atoms with Crippen LogP contribution >= 0.6 is 0 Å². The second kappa shape index (κ2) is 9.62. The lowest BCUT2D eigenvalue weighted by Crippen LogP contribution is -2.32. The predicted molar refractivity (Wildman–Crippen MR) is 134 cm³/mol. The lowest BCUT2D eigenvalue weighted by molar-refractivity contribution is -0.196. The molecule has 2 heterocycles. The molecule has 9 heteroatoms. The summed E-state index contributed by atoms with van der Waals surface area (Å²) in [6.45, 7) is 0.768. The quantitative estimate of drug-likeness (QED) is 0.306. The number of carbonyl (C=O) groups is 1. The molecule has 37 heavy (non-hydrogen) atoms. The van der Waals surface area contributed by atoms with Gasteiger partial charge in [-0.2, -0.15) is 18.4 Å². The Morgan fingerprint density at radius 1 is 1.14 bits per heavy atom. The van der Waals surface area contributed by atoms with E-state index in [1.165, 1.54) is 0 Å². The van der Waals surface area contributed by atoms with Crippen LogP contribution in [0.1, 0.15) is 37.8 Å². The zero-order chi connectivity index (χ0) is 26.2. The molecule has 1 aliphatic carbocycles. The number of halogens is 3. The fraction of sp³-hybridized carbons (Fsp3) is 0.250. The average molecular weight is 505 g/mol. The number of anilines is 1. The van der Waals surface area contributed by atoms with E-state index in [2.05, 4.69) is 31.7 Å². The molecule has 0 aliphatic heterocycles. The summed E-state index contributed by atoms with van der Waals surface area (Å²) < 4.78 is 44.6. The van der Waals surface area contributed by atoms with Crippen molar-refractivity contribution in [2.45, 2.75) is 44.5 Å². The molecule has 1 N–H and O–H groups in total. The molecule has 0 bridgehead atoms. The number of alkyl halides is 3. The molecule has 1 fully saturated rings. The van der Waals surface area contributed by atoms with Gasteiger partial charge < -0.3 is 9.30 Å². The largest absolute Gasteiger partial charge is 0.437 e. The summed E-state index contributed by atoms with van der Waals surface area (Å²) in [5.41, 5.74) is 5.12. The van der Waals surface area contributed by atoms with Crippen molar-refractivity contribution < 1.29 is 22.7 Å². The second-order valence-electron chi connectivity index (χ2n) is 9.03. The van der Waals surface area contributed by atoms with E-state index in [0.717, 1.165) is 59.6 Å². The van der Waals surface area contributed by atoms with E-state index >= 15 is 0 Å². The standard InChI is InChI=1S/C28H23F3N4O2/c1-17(28(29,30)31)37-27(36)34-20-11-8-18(9-12-20)26-23(16-32)22-13-10-19(24-7-2-3-14-33-24)15-25(22)35(26)21-5-4-6-21/h2-3,7-15,17,21H,4-6H2,1H3,(H,34,36)/t17-/m1/s1. The van der Waals surface area contributed by atoms with E-state index in [-0.39, 0.29) is 11.7 Å². The number of benzene rings is 2. The SMILES string of the molecule is C[C@@H](OC(=O)Nc1ccc(-c2c(C#N)c3ccc(-c4ccccn4)cc3n2C2CCC2)cc1)C(F)(F)F. The summed E-state index contributed by atoms with van der Waals surface area (Å²) in [5, 5.41) is 13.3. The van der Waals surface area contributed by atoms with Crippen molar-refractivity contribution in [2.75, 3.05) is 5.32 Å². The molecule has 0 spiro atoms. The van der Waals surface area contributed by atoms with E-state index in [9.17, 15) is 23.2 Å². The number of nitrogens with one attached hydrogen (secondary N) is 1. The van der Waals surface area contributed by atoms with Crippen LogP contribution in [-0.2, 0) is 4.74 Å². The summed E-state index contributed by atoms with van der Waals surface area (Å²) in [5.74, 6) is 0. The maximum atomic E-state index is 12.7. The van der Waals surface area contributed by atoms with Crippen molar-refractivity contribution in [3.8, 4) is 28.6 Å². The highest BCUT2D eigenvalue weighted by Gasteiger charge is 2.39. The lowest BCUT2D eigenvalue weighted by Gasteiger charge is -2.30. The fourth-order valence-corrected chi connectivity index (χ4v) is 4.51. The number of carbonyl (C=O) groups excluding carboxylic acids is 1. The Morgan fingerprint density at radius 2 is 1.86 bits per heavy atom. The molecular weight excluding hydrogens is 481 g/mol. The lowest BCUT2D eigenvalue weighted by atomic mass is 9.92. The van der Waals surface area contributed by atoms with Crippen LogP contribution in [0.15, 0.2) is 66.9 Å². The minimum atomic E-state index is -4.64. The van der Waals surface area contributed by atoms with Gasteiger partial charge in [-0.15, -0.1) is 0 Å². The fourth-order valence-electron chi connectivity index (χ4n) is 4.51. The normalized spacial score (nSPS) is 14.6. The number of aromatic nitrogens is 2. The molecule has 0 radical (unpaired) electrons. The van der Waals surface area contributed by atoms with Crippen LogP contribution in [0, 0.1) is 11.3 Å². The van der Waals surface area contributed by atoms with E-state index < -0.39 is 18.4 Å². The van der Waals surface area contributed by atoms with E-state index in [4.69, 9.17) is 0 Å². The highest BCUT2D eigenvalue weighted by molar-refractivity contribution is 5.97. The third-order valence-corrected chi connectivity index (χ3v) is 6.67. The molecule has 2 aromatic heterocycles. The van der Waals surface area contributed by atoms with Crippen LogP contribution in [-0.4, -0.2) is 27.9 Å². The molecule has 1 atom stereocenters. The van der Waals surface area contributed by atoms with E-state index in [1.54, 1.807) is 30.5 Å². The maximum absolute atomic E-state index is 12.7. The molecular formula is C28H23F3N4O2. The topological polar surface area (TPSA) is 79.9 Å². The van der Waals surface area contributed by atoms with Crippen LogP contribution in [0.5, 0.6) is 0 Å². The minimum Gasteiger partial charge on any atom is -0.437 e. The van der Waals surface area contributed by atoms with Crippen LogP contribution < -0.4 is 5.32 Å². The number of hydrogen-bond acceptors (Lipinski definition) is 4. The molecule has 1 amide bonds. The third kappa shape index (κ3) is 4.75. The Morgan fingerprint density at radius 3 is 2.46 bits per heavy atom. The average Bonchev–Trinajstić information content (AvgIpc) is 3.16. The summed E-state index contributed by atoms with van der Waals surface area (Å²) in [6.07, 6.45) is -3.21. The number of rotatable bonds is 5. The van der Waals surface area contributed by atoms with Gasteiger partial charge in [-0.05, 0) is 62.1 Å². The molecule has 5 rings (SSSR count). The Bertz CT molecular complexity index is 1480. The van der Waals surface area contributed by atoms with Gasteiger partial charge in [-0.1, -0.05) is 30.3 Å². The number of ether oxygens (including phenoxy) is 1. The molecule has 6 nitrogen and oxygen atoms in total. The van der Waals surface area contributed by atoms with Crippen LogP contribution in [0.2, 0.25) is 0 Å². The van der Waals surface area contributed by atoms with Gasteiger partial charge in [0.15, 0.2) is 6.10 Å².